The van der Waals surface area contributed by atoms with Crippen LogP contribution < -0.4 is 9.47 Å². The molecule has 0 fully saturated rings. The third-order valence-corrected chi connectivity index (χ3v) is 2.77. The maximum Gasteiger partial charge on any atom is 0.134 e. The van der Waals surface area contributed by atoms with E-state index in [1.54, 1.807) is 20.4 Å². The summed E-state index contributed by atoms with van der Waals surface area (Å²) in [6.07, 6.45) is 1.80. The third-order valence-electron chi connectivity index (χ3n) is 2.77. The molecule has 4 nitrogen and oxygen atoms in total. The molecule has 90 valence electrons. The lowest BCUT2D eigenvalue weighted by Crippen LogP contribution is -1.95. The molecule has 1 N–H and O–H groups in total. The second-order valence-electron chi connectivity index (χ2n) is 3.86. The standard InChI is InChI=1S/C13H16N2O2/c1-8-12(16-3)6-5-10(13(8)17-4)11-7-14-9(2)15-11/h5-7H,1-4H3,(H,14,15). The number of H-pyrrole nitrogens is 1. The minimum Gasteiger partial charge on any atom is -0.496 e. The maximum atomic E-state index is 5.45. The van der Waals surface area contributed by atoms with Gasteiger partial charge in [0.05, 0.1) is 26.1 Å². The molecule has 0 spiro atoms. The normalized spacial score (nSPS) is 10.4. The van der Waals surface area contributed by atoms with Gasteiger partial charge in [-0.05, 0) is 26.0 Å². The molecule has 2 rings (SSSR count). The number of imidazole rings is 1. The van der Waals surface area contributed by atoms with Crippen LogP contribution in [0.15, 0.2) is 18.3 Å². The van der Waals surface area contributed by atoms with Gasteiger partial charge in [0, 0.05) is 11.1 Å². The van der Waals surface area contributed by atoms with Gasteiger partial charge in [0.1, 0.15) is 17.3 Å². The first-order valence-electron chi connectivity index (χ1n) is 5.41. The average Bonchev–Trinajstić information content (AvgIpc) is 2.75. The molecule has 1 aromatic heterocycles. The first-order valence-corrected chi connectivity index (χ1v) is 5.41. The van der Waals surface area contributed by atoms with Gasteiger partial charge in [-0.1, -0.05) is 0 Å². The molecule has 0 saturated carbocycles. The molecule has 0 bridgehead atoms. The molecule has 17 heavy (non-hydrogen) atoms. The molecule has 0 radical (unpaired) electrons. The number of aromatic nitrogens is 2. The summed E-state index contributed by atoms with van der Waals surface area (Å²) in [5.41, 5.74) is 2.93. The van der Waals surface area contributed by atoms with Crippen molar-refractivity contribution in [3.8, 4) is 22.8 Å². The van der Waals surface area contributed by atoms with E-state index >= 15 is 0 Å². The quantitative estimate of drug-likeness (QED) is 0.885. The Bertz CT molecular complexity index is 532. The molecule has 0 unspecified atom stereocenters. The van der Waals surface area contributed by atoms with Crippen LogP contribution >= 0.6 is 0 Å². The zero-order valence-corrected chi connectivity index (χ0v) is 10.5. The van der Waals surface area contributed by atoms with Crippen LogP contribution in [0.1, 0.15) is 11.4 Å². The predicted octanol–water partition coefficient (Wildman–Crippen LogP) is 2.71. The summed E-state index contributed by atoms with van der Waals surface area (Å²) in [5.74, 6) is 2.52. The molecule has 0 aliphatic rings. The van der Waals surface area contributed by atoms with Crippen molar-refractivity contribution < 1.29 is 9.47 Å². The fraction of sp³-hybridized carbons (Fsp3) is 0.308. The van der Waals surface area contributed by atoms with Gasteiger partial charge >= 0.3 is 0 Å². The number of rotatable bonds is 3. The Labute approximate surface area is 101 Å². The zero-order chi connectivity index (χ0) is 12.4. The molecule has 1 heterocycles. The molecule has 0 amide bonds. The summed E-state index contributed by atoms with van der Waals surface area (Å²) in [6.45, 7) is 3.90. The smallest absolute Gasteiger partial charge is 0.134 e. The van der Waals surface area contributed by atoms with Crippen LogP contribution in [0.3, 0.4) is 0 Å². The van der Waals surface area contributed by atoms with Crippen LogP contribution in [0.5, 0.6) is 11.5 Å². The van der Waals surface area contributed by atoms with Crippen molar-refractivity contribution in [1.29, 1.82) is 0 Å². The van der Waals surface area contributed by atoms with Crippen molar-refractivity contribution in [1.82, 2.24) is 9.97 Å². The Hall–Kier alpha value is -1.97. The van der Waals surface area contributed by atoms with E-state index in [4.69, 9.17) is 9.47 Å². The number of methoxy groups -OCH3 is 2. The highest BCUT2D eigenvalue weighted by Gasteiger charge is 2.13. The molecule has 0 atom stereocenters. The van der Waals surface area contributed by atoms with Gasteiger partial charge < -0.3 is 14.5 Å². The Balaban J connectivity index is 2.58. The average molecular weight is 232 g/mol. The maximum absolute atomic E-state index is 5.45. The lowest BCUT2D eigenvalue weighted by atomic mass is 10.1. The molecule has 1 aromatic carbocycles. The highest BCUT2D eigenvalue weighted by atomic mass is 16.5. The molecule has 0 aliphatic carbocycles. The fourth-order valence-electron chi connectivity index (χ4n) is 1.93. The molecule has 0 saturated heterocycles. The fourth-order valence-corrected chi connectivity index (χ4v) is 1.93. The highest BCUT2D eigenvalue weighted by Crippen LogP contribution is 2.36. The third kappa shape index (κ3) is 1.98. The molecule has 4 heteroatoms. The molecular weight excluding hydrogens is 216 g/mol. The summed E-state index contributed by atoms with van der Waals surface area (Å²) in [7, 11) is 3.32. The first kappa shape index (κ1) is 11.5. The van der Waals surface area contributed by atoms with E-state index < -0.39 is 0 Å². The monoisotopic (exact) mass is 232 g/mol. The number of aryl methyl sites for hydroxylation is 1. The number of hydrogen-bond donors (Lipinski definition) is 1. The number of nitrogens with zero attached hydrogens (tertiary/aromatic N) is 1. The van der Waals surface area contributed by atoms with Crippen LogP contribution in [0, 0.1) is 13.8 Å². The highest BCUT2D eigenvalue weighted by molar-refractivity contribution is 5.71. The summed E-state index contributed by atoms with van der Waals surface area (Å²) in [6, 6.07) is 3.90. The molecule has 0 aliphatic heterocycles. The number of hydrogen-bond acceptors (Lipinski definition) is 3. The van der Waals surface area contributed by atoms with Crippen molar-refractivity contribution >= 4 is 0 Å². The topological polar surface area (TPSA) is 47.1 Å². The van der Waals surface area contributed by atoms with Crippen LogP contribution in [-0.2, 0) is 0 Å². The van der Waals surface area contributed by atoms with Crippen molar-refractivity contribution in [2.45, 2.75) is 13.8 Å². The zero-order valence-electron chi connectivity index (χ0n) is 10.5. The summed E-state index contributed by atoms with van der Waals surface area (Å²) in [5, 5.41) is 0. The Morgan fingerprint density at radius 3 is 2.41 bits per heavy atom. The second-order valence-corrected chi connectivity index (χ2v) is 3.86. The number of nitrogens with one attached hydrogen (secondary N) is 1. The number of aromatic amines is 1. The van der Waals surface area contributed by atoms with Gasteiger partial charge in [-0.25, -0.2) is 4.98 Å². The van der Waals surface area contributed by atoms with Crippen molar-refractivity contribution in [2.24, 2.45) is 0 Å². The van der Waals surface area contributed by atoms with E-state index in [1.165, 1.54) is 0 Å². The van der Waals surface area contributed by atoms with Gasteiger partial charge in [-0.2, -0.15) is 0 Å². The van der Waals surface area contributed by atoms with Crippen LogP contribution in [-0.4, -0.2) is 24.2 Å². The largest absolute Gasteiger partial charge is 0.496 e. The molecule has 2 aromatic rings. The first-order chi connectivity index (χ1) is 8.17. The van der Waals surface area contributed by atoms with Gasteiger partial charge in [0.2, 0.25) is 0 Å². The summed E-state index contributed by atoms with van der Waals surface area (Å²) in [4.78, 5) is 7.40. The summed E-state index contributed by atoms with van der Waals surface area (Å²) >= 11 is 0. The van der Waals surface area contributed by atoms with E-state index in [1.807, 2.05) is 26.0 Å². The minimum absolute atomic E-state index is 0.813. The van der Waals surface area contributed by atoms with Crippen molar-refractivity contribution in [3.05, 3.63) is 29.7 Å². The minimum atomic E-state index is 0.813. The molecular formula is C13H16N2O2. The van der Waals surface area contributed by atoms with E-state index in [9.17, 15) is 0 Å². The summed E-state index contributed by atoms with van der Waals surface area (Å²) < 4.78 is 10.7. The van der Waals surface area contributed by atoms with Crippen molar-refractivity contribution in [2.75, 3.05) is 14.2 Å². The van der Waals surface area contributed by atoms with Gasteiger partial charge in [-0.15, -0.1) is 0 Å². The number of benzene rings is 1. The van der Waals surface area contributed by atoms with Gasteiger partial charge in [0.15, 0.2) is 0 Å². The SMILES string of the molecule is COc1ccc(-c2cnc(C)[nH]2)c(OC)c1C. The van der Waals surface area contributed by atoms with E-state index in [2.05, 4.69) is 9.97 Å². The van der Waals surface area contributed by atoms with Gasteiger partial charge in [0.25, 0.3) is 0 Å². The van der Waals surface area contributed by atoms with Crippen molar-refractivity contribution in [3.63, 3.8) is 0 Å². The van der Waals surface area contributed by atoms with E-state index in [0.717, 1.165) is 34.1 Å². The van der Waals surface area contributed by atoms with Gasteiger partial charge in [-0.3, -0.25) is 0 Å². The second kappa shape index (κ2) is 4.49. The lowest BCUT2D eigenvalue weighted by Gasteiger charge is -2.13. The van der Waals surface area contributed by atoms with E-state index in [0.29, 0.717) is 0 Å². The Morgan fingerprint density at radius 1 is 1.12 bits per heavy atom. The van der Waals surface area contributed by atoms with Crippen LogP contribution in [0.25, 0.3) is 11.3 Å². The predicted molar refractivity (Wildman–Crippen MR) is 66.6 cm³/mol. The van der Waals surface area contributed by atoms with Crippen LogP contribution in [0.4, 0.5) is 0 Å². The van der Waals surface area contributed by atoms with Crippen LogP contribution in [0.2, 0.25) is 0 Å². The number of ether oxygens (including phenoxy) is 2. The van der Waals surface area contributed by atoms with E-state index in [-0.39, 0.29) is 0 Å². The Kier molecular flexibility index (Phi) is 3.04. The Morgan fingerprint density at radius 2 is 1.88 bits per heavy atom. The lowest BCUT2D eigenvalue weighted by molar-refractivity contribution is 0.390.